The average Bonchev–Trinajstić information content (AvgIpc) is 2.79. The topological polar surface area (TPSA) is 77.1 Å². The van der Waals surface area contributed by atoms with Gasteiger partial charge in [0.05, 0.1) is 25.4 Å². The molecule has 1 aliphatic rings. The number of amides is 1. The van der Waals surface area contributed by atoms with E-state index < -0.39 is 12.1 Å². The number of hydrogen-bond donors (Lipinski definition) is 1. The summed E-state index contributed by atoms with van der Waals surface area (Å²) in [5, 5.41) is 2.79. The Morgan fingerprint density at radius 2 is 1.77 bits per heavy atom. The molecule has 2 aromatic carbocycles. The number of carbonyl (C=O) groups excluding carboxylic acids is 2. The Kier molecular flexibility index (Phi) is 7.89. The SMILES string of the molecule is CC(C)COc1cccc(C(=O)O[C@@H](C)C(=O)Nc2ccc(N3CCOCC3)cc2)c1. The van der Waals surface area contributed by atoms with Crippen LogP contribution < -0.4 is 15.0 Å². The Hall–Kier alpha value is -3.06. The van der Waals surface area contributed by atoms with Gasteiger partial charge in [0.1, 0.15) is 5.75 Å². The van der Waals surface area contributed by atoms with Crippen LogP contribution in [0.3, 0.4) is 0 Å². The smallest absolute Gasteiger partial charge is 0.339 e. The third-order valence-corrected chi connectivity index (χ3v) is 4.82. The number of carbonyl (C=O) groups is 2. The molecule has 0 aromatic heterocycles. The minimum atomic E-state index is -0.938. The molecule has 1 fully saturated rings. The summed E-state index contributed by atoms with van der Waals surface area (Å²) in [5.74, 6) is 0.0165. The van der Waals surface area contributed by atoms with Crippen LogP contribution in [0.4, 0.5) is 11.4 Å². The maximum Gasteiger partial charge on any atom is 0.339 e. The highest BCUT2D eigenvalue weighted by atomic mass is 16.5. The van der Waals surface area contributed by atoms with E-state index in [1.54, 1.807) is 31.2 Å². The second kappa shape index (κ2) is 10.8. The number of nitrogens with zero attached hydrogens (tertiary/aromatic N) is 1. The molecule has 0 saturated carbocycles. The third-order valence-electron chi connectivity index (χ3n) is 4.82. The fourth-order valence-corrected chi connectivity index (χ4v) is 3.08. The van der Waals surface area contributed by atoms with Crippen LogP contribution in [0, 0.1) is 5.92 Å². The zero-order valence-electron chi connectivity index (χ0n) is 18.3. The van der Waals surface area contributed by atoms with Crippen molar-refractivity contribution in [3.05, 3.63) is 54.1 Å². The maximum absolute atomic E-state index is 12.5. The number of anilines is 2. The Labute approximate surface area is 183 Å². The Bertz CT molecular complexity index is 876. The monoisotopic (exact) mass is 426 g/mol. The molecule has 0 bridgehead atoms. The third kappa shape index (κ3) is 6.72. The van der Waals surface area contributed by atoms with Gasteiger partial charge >= 0.3 is 5.97 Å². The molecule has 7 nitrogen and oxygen atoms in total. The van der Waals surface area contributed by atoms with Crippen molar-refractivity contribution in [2.45, 2.75) is 26.9 Å². The standard InChI is InChI=1S/C24H30N2O5/c1-17(2)16-30-22-6-4-5-19(15-22)24(28)31-18(3)23(27)25-20-7-9-21(10-8-20)26-11-13-29-14-12-26/h4-10,15,17-18H,11-14,16H2,1-3H3,(H,25,27)/t18-/m0/s1. The minimum absolute atomic E-state index is 0.343. The normalized spacial score (nSPS) is 14.8. The first-order valence-corrected chi connectivity index (χ1v) is 10.6. The minimum Gasteiger partial charge on any atom is -0.493 e. The summed E-state index contributed by atoms with van der Waals surface area (Å²) in [6.07, 6.45) is -0.938. The predicted molar refractivity (Wildman–Crippen MR) is 120 cm³/mol. The van der Waals surface area contributed by atoms with Crippen LogP contribution in [0.2, 0.25) is 0 Å². The molecule has 31 heavy (non-hydrogen) atoms. The lowest BCUT2D eigenvalue weighted by atomic mass is 10.2. The first kappa shape index (κ1) is 22.6. The van der Waals surface area contributed by atoms with E-state index in [4.69, 9.17) is 14.2 Å². The largest absolute Gasteiger partial charge is 0.493 e. The summed E-state index contributed by atoms with van der Waals surface area (Å²) >= 11 is 0. The van der Waals surface area contributed by atoms with Crippen LogP contribution in [0.1, 0.15) is 31.1 Å². The maximum atomic E-state index is 12.5. The highest BCUT2D eigenvalue weighted by molar-refractivity contribution is 5.97. The molecule has 0 spiro atoms. The number of hydrogen-bond acceptors (Lipinski definition) is 6. The van der Waals surface area contributed by atoms with Gasteiger partial charge in [0.15, 0.2) is 6.10 Å². The van der Waals surface area contributed by atoms with Crippen LogP contribution in [-0.2, 0) is 14.3 Å². The van der Waals surface area contributed by atoms with E-state index >= 15 is 0 Å². The predicted octanol–water partition coefficient (Wildman–Crippen LogP) is 3.74. The second-order valence-electron chi connectivity index (χ2n) is 7.92. The van der Waals surface area contributed by atoms with Gasteiger partial charge < -0.3 is 24.4 Å². The molecule has 1 atom stereocenters. The van der Waals surface area contributed by atoms with E-state index in [1.165, 1.54) is 0 Å². The van der Waals surface area contributed by atoms with Crippen molar-refractivity contribution in [1.29, 1.82) is 0 Å². The van der Waals surface area contributed by atoms with E-state index in [0.717, 1.165) is 18.8 Å². The van der Waals surface area contributed by atoms with Gasteiger partial charge in [-0.1, -0.05) is 19.9 Å². The second-order valence-corrected chi connectivity index (χ2v) is 7.92. The Morgan fingerprint density at radius 1 is 1.06 bits per heavy atom. The fraction of sp³-hybridized carbons (Fsp3) is 0.417. The molecule has 3 rings (SSSR count). The number of ether oxygens (including phenoxy) is 3. The van der Waals surface area contributed by atoms with Gasteiger partial charge in [-0.25, -0.2) is 4.79 Å². The molecular formula is C24H30N2O5. The Balaban J connectivity index is 1.53. The van der Waals surface area contributed by atoms with Crippen LogP contribution in [0.15, 0.2) is 48.5 Å². The van der Waals surface area contributed by atoms with Gasteiger partial charge in [0.25, 0.3) is 5.91 Å². The van der Waals surface area contributed by atoms with Crippen molar-refractivity contribution in [3.63, 3.8) is 0 Å². The number of nitrogens with one attached hydrogen (secondary N) is 1. The summed E-state index contributed by atoms with van der Waals surface area (Å²) < 4.78 is 16.4. The molecular weight excluding hydrogens is 396 g/mol. The summed E-state index contributed by atoms with van der Waals surface area (Å²) in [4.78, 5) is 27.2. The molecule has 1 heterocycles. The molecule has 7 heteroatoms. The number of esters is 1. The van der Waals surface area contributed by atoms with Crippen molar-refractivity contribution in [3.8, 4) is 5.75 Å². The van der Waals surface area contributed by atoms with Crippen LogP contribution in [0.5, 0.6) is 5.75 Å². The van der Waals surface area contributed by atoms with Crippen molar-refractivity contribution in [2.75, 3.05) is 43.1 Å². The molecule has 1 aliphatic heterocycles. The number of benzene rings is 2. The number of rotatable bonds is 8. The van der Waals surface area contributed by atoms with E-state index in [9.17, 15) is 9.59 Å². The lowest BCUT2D eigenvalue weighted by Crippen LogP contribution is -2.36. The molecule has 1 saturated heterocycles. The summed E-state index contributed by atoms with van der Waals surface area (Å²) in [7, 11) is 0. The molecule has 0 aliphatic carbocycles. The highest BCUT2D eigenvalue weighted by Crippen LogP contribution is 2.20. The van der Waals surface area contributed by atoms with Gasteiger partial charge in [-0.2, -0.15) is 0 Å². The van der Waals surface area contributed by atoms with Gasteiger partial charge in [-0.05, 0) is 55.3 Å². The lowest BCUT2D eigenvalue weighted by molar-refractivity contribution is -0.123. The van der Waals surface area contributed by atoms with Crippen molar-refractivity contribution < 1.29 is 23.8 Å². The average molecular weight is 427 g/mol. The highest BCUT2D eigenvalue weighted by Gasteiger charge is 2.20. The van der Waals surface area contributed by atoms with Gasteiger partial charge in [0, 0.05) is 24.5 Å². The van der Waals surface area contributed by atoms with Gasteiger partial charge in [0.2, 0.25) is 0 Å². The molecule has 1 N–H and O–H groups in total. The molecule has 0 unspecified atom stereocenters. The van der Waals surface area contributed by atoms with Crippen LogP contribution in [0.25, 0.3) is 0 Å². The molecule has 166 valence electrons. The summed E-state index contributed by atoms with van der Waals surface area (Å²) in [6.45, 7) is 9.34. The van der Waals surface area contributed by atoms with Crippen LogP contribution >= 0.6 is 0 Å². The van der Waals surface area contributed by atoms with E-state index in [-0.39, 0.29) is 5.91 Å². The van der Waals surface area contributed by atoms with Crippen molar-refractivity contribution in [2.24, 2.45) is 5.92 Å². The quantitative estimate of drug-likeness (QED) is 0.648. The zero-order chi connectivity index (χ0) is 22.2. The first-order valence-electron chi connectivity index (χ1n) is 10.6. The summed E-state index contributed by atoms with van der Waals surface area (Å²) in [5.41, 5.74) is 2.07. The molecule has 2 aromatic rings. The van der Waals surface area contributed by atoms with Crippen LogP contribution in [-0.4, -0.2) is 50.9 Å². The fourth-order valence-electron chi connectivity index (χ4n) is 3.08. The zero-order valence-corrected chi connectivity index (χ0v) is 18.3. The van der Waals surface area contributed by atoms with Gasteiger partial charge in [-0.3, -0.25) is 4.79 Å². The van der Waals surface area contributed by atoms with E-state index in [1.807, 2.05) is 24.3 Å². The van der Waals surface area contributed by atoms with Crippen molar-refractivity contribution in [1.82, 2.24) is 0 Å². The van der Waals surface area contributed by atoms with E-state index in [2.05, 4.69) is 24.1 Å². The van der Waals surface area contributed by atoms with Gasteiger partial charge in [-0.15, -0.1) is 0 Å². The molecule has 0 radical (unpaired) electrons. The lowest BCUT2D eigenvalue weighted by Gasteiger charge is -2.28. The van der Waals surface area contributed by atoms with Crippen molar-refractivity contribution >= 4 is 23.3 Å². The number of morpholine rings is 1. The molecule has 1 amide bonds. The Morgan fingerprint density at radius 3 is 2.45 bits per heavy atom. The first-order chi connectivity index (χ1) is 14.9. The van der Waals surface area contributed by atoms with E-state index in [0.29, 0.717) is 42.7 Å². The summed E-state index contributed by atoms with van der Waals surface area (Å²) in [6, 6.07) is 14.4.